The molecule has 2 N–H and O–H groups in total. The summed E-state index contributed by atoms with van der Waals surface area (Å²) in [5.41, 5.74) is 6.11. The lowest BCUT2D eigenvalue weighted by Gasteiger charge is -2.14. The van der Waals surface area contributed by atoms with Crippen molar-refractivity contribution in [1.82, 2.24) is 0 Å². The van der Waals surface area contributed by atoms with Gasteiger partial charge in [-0.15, -0.1) is 11.3 Å². The van der Waals surface area contributed by atoms with E-state index in [0.29, 0.717) is 15.5 Å². The Morgan fingerprint density at radius 3 is 2.59 bits per heavy atom. The molecule has 0 aliphatic rings. The van der Waals surface area contributed by atoms with Crippen LogP contribution < -0.4 is 5.73 Å². The molecule has 2 aromatic rings. The van der Waals surface area contributed by atoms with Crippen molar-refractivity contribution in [3.05, 3.63) is 56.2 Å². The number of rotatable bonds is 2. The van der Waals surface area contributed by atoms with Crippen molar-refractivity contribution in [1.29, 1.82) is 0 Å². The normalized spacial score (nSPS) is 12.8. The Labute approximate surface area is 107 Å². The highest BCUT2D eigenvalue weighted by molar-refractivity contribution is 7.10. The van der Waals surface area contributed by atoms with Crippen LogP contribution in [-0.2, 0) is 0 Å². The number of halogens is 3. The Balaban J connectivity index is 2.55. The average Bonchev–Trinajstić information content (AvgIpc) is 2.70. The molecule has 0 bridgehead atoms. The van der Waals surface area contributed by atoms with Crippen LogP contribution in [0.1, 0.15) is 22.0 Å². The van der Waals surface area contributed by atoms with Crippen LogP contribution in [0.2, 0.25) is 5.02 Å². The average molecular weight is 274 g/mol. The molecule has 0 aliphatic carbocycles. The largest absolute Gasteiger partial charge is 0.319 e. The van der Waals surface area contributed by atoms with Gasteiger partial charge in [0.15, 0.2) is 0 Å². The van der Waals surface area contributed by atoms with Gasteiger partial charge in [0.05, 0.1) is 11.1 Å². The highest BCUT2D eigenvalue weighted by Gasteiger charge is 2.22. The molecular formula is C12H10ClF2NS. The van der Waals surface area contributed by atoms with Gasteiger partial charge in [-0.1, -0.05) is 17.7 Å². The molecule has 1 unspecified atom stereocenters. The van der Waals surface area contributed by atoms with E-state index in [1.165, 1.54) is 23.5 Å². The van der Waals surface area contributed by atoms with Gasteiger partial charge in [-0.2, -0.15) is 0 Å². The summed E-state index contributed by atoms with van der Waals surface area (Å²) in [6.07, 6.45) is 0. The second-order valence-corrected chi connectivity index (χ2v) is 5.06. The molecule has 0 saturated carbocycles. The standard InChI is InChI=1S/C12H10ClF2NS/c1-6-2-3-8(14)9(10(6)15)11(16)12-7(13)4-5-17-12/h2-5,11H,16H2,1H3. The third kappa shape index (κ3) is 2.20. The van der Waals surface area contributed by atoms with Crippen LogP contribution in [0.25, 0.3) is 0 Å². The lowest BCUT2D eigenvalue weighted by Crippen LogP contribution is -2.15. The minimum Gasteiger partial charge on any atom is -0.319 e. The van der Waals surface area contributed by atoms with E-state index in [1.807, 2.05) is 0 Å². The molecular weight excluding hydrogens is 264 g/mol. The second kappa shape index (κ2) is 4.72. The highest BCUT2D eigenvalue weighted by Crippen LogP contribution is 2.34. The maximum absolute atomic E-state index is 13.9. The van der Waals surface area contributed by atoms with Crippen LogP contribution in [-0.4, -0.2) is 0 Å². The van der Waals surface area contributed by atoms with Gasteiger partial charge in [0.2, 0.25) is 0 Å². The van der Waals surface area contributed by atoms with E-state index in [9.17, 15) is 8.78 Å². The second-order valence-electron chi connectivity index (χ2n) is 3.70. The summed E-state index contributed by atoms with van der Waals surface area (Å²) in [6, 6.07) is 3.39. The van der Waals surface area contributed by atoms with Gasteiger partial charge in [0.1, 0.15) is 11.6 Å². The zero-order valence-electron chi connectivity index (χ0n) is 9.01. The third-order valence-electron chi connectivity index (χ3n) is 2.56. The SMILES string of the molecule is Cc1ccc(F)c(C(N)c2sccc2Cl)c1F. The Hall–Kier alpha value is -0.970. The van der Waals surface area contributed by atoms with Gasteiger partial charge in [0, 0.05) is 10.4 Å². The first-order valence-corrected chi connectivity index (χ1v) is 6.21. The number of hydrogen-bond donors (Lipinski definition) is 1. The molecule has 1 heterocycles. The van der Waals surface area contributed by atoms with Crippen molar-refractivity contribution in [2.24, 2.45) is 5.73 Å². The monoisotopic (exact) mass is 273 g/mol. The summed E-state index contributed by atoms with van der Waals surface area (Å²) in [5.74, 6) is -1.26. The van der Waals surface area contributed by atoms with Crippen molar-refractivity contribution in [3.8, 4) is 0 Å². The molecule has 0 spiro atoms. The quantitative estimate of drug-likeness (QED) is 0.878. The summed E-state index contributed by atoms with van der Waals surface area (Å²) in [4.78, 5) is 0.565. The minimum atomic E-state index is -0.873. The van der Waals surface area contributed by atoms with Crippen molar-refractivity contribution in [2.45, 2.75) is 13.0 Å². The van der Waals surface area contributed by atoms with E-state index < -0.39 is 17.7 Å². The zero-order valence-corrected chi connectivity index (χ0v) is 10.6. The van der Waals surface area contributed by atoms with Crippen LogP contribution in [0.15, 0.2) is 23.6 Å². The Bertz CT molecular complexity index is 553. The van der Waals surface area contributed by atoms with Crippen LogP contribution in [0.5, 0.6) is 0 Å². The smallest absolute Gasteiger partial charge is 0.134 e. The Morgan fingerprint density at radius 1 is 1.29 bits per heavy atom. The summed E-state index contributed by atoms with van der Waals surface area (Å²) in [7, 11) is 0. The lowest BCUT2D eigenvalue weighted by atomic mass is 10.0. The van der Waals surface area contributed by atoms with E-state index >= 15 is 0 Å². The molecule has 1 aromatic carbocycles. The van der Waals surface area contributed by atoms with Gasteiger partial charge >= 0.3 is 0 Å². The first-order chi connectivity index (χ1) is 8.02. The van der Waals surface area contributed by atoms with Crippen molar-refractivity contribution < 1.29 is 8.78 Å². The first kappa shape index (κ1) is 12.5. The molecule has 0 saturated heterocycles. The molecule has 5 heteroatoms. The van der Waals surface area contributed by atoms with Gasteiger partial charge in [-0.05, 0) is 30.0 Å². The molecule has 0 amide bonds. The highest BCUT2D eigenvalue weighted by atomic mass is 35.5. The van der Waals surface area contributed by atoms with E-state index in [0.717, 1.165) is 0 Å². The number of aryl methyl sites for hydroxylation is 1. The summed E-state index contributed by atoms with van der Waals surface area (Å²) >= 11 is 7.20. The number of hydrogen-bond acceptors (Lipinski definition) is 2. The third-order valence-corrected chi connectivity index (χ3v) is 4.00. The van der Waals surface area contributed by atoms with Crippen LogP contribution in [0.3, 0.4) is 0 Å². The van der Waals surface area contributed by atoms with E-state index in [2.05, 4.69) is 0 Å². The fourth-order valence-electron chi connectivity index (χ4n) is 1.62. The molecule has 0 radical (unpaired) electrons. The Morgan fingerprint density at radius 2 is 2.00 bits per heavy atom. The minimum absolute atomic E-state index is 0.130. The van der Waals surface area contributed by atoms with Crippen LogP contribution in [0, 0.1) is 18.6 Å². The molecule has 1 nitrogen and oxygen atoms in total. The van der Waals surface area contributed by atoms with Crippen LogP contribution in [0.4, 0.5) is 8.78 Å². The summed E-state index contributed by atoms with van der Waals surface area (Å²) < 4.78 is 27.5. The maximum Gasteiger partial charge on any atom is 0.134 e. The summed E-state index contributed by atoms with van der Waals surface area (Å²) in [6.45, 7) is 1.57. The van der Waals surface area contributed by atoms with Gasteiger partial charge in [-0.25, -0.2) is 8.78 Å². The first-order valence-electron chi connectivity index (χ1n) is 4.95. The van der Waals surface area contributed by atoms with E-state index in [1.54, 1.807) is 18.4 Å². The van der Waals surface area contributed by atoms with Crippen molar-refractivity contribution in [2.75, 3.05) is 0 Å². The lowest BCUT2D eigenvalue weighted by molar-refractivity contribution is 0.539. The fourth-order valence-corrected chi connectivity index (χ4v) is 2.81. The number of thiophene rings is 1. The number of nitrogens with two attached hydrogens (primary N) is 1. The molecule has 90 valence electrons. The molecule has 0 fully saturated rings. The van der Waals surface area contributed by atoms with Crippen LogP contribution >= 0.6 is 22.9 Å². The van der Waals surface area contributed by atoms with Gasteiger partial charge < -0.3 is 5.73 Å². The predicted molar refractivity (Wildman–Crippen MR) is 66.5 cm³/mol. The molecule has 17 heavy (non-hydrogen) atoms. The predicted octanol–water partition coefficient (Wildman–Crippen LogP) is 4.04. The van der Waals surface area contributed by atoms with Crippen molar-refractivity contribution in [3.63, 3.8) is 0 Å². The number of benzene rings is 1. The maximum atomic E-state index is 13.9. The molecule has 0 aliphatic heterocycles. The molecule has 1 aromatic heterocycles. The topological polar surface area (TPSA) is 26.0 Å². The van der Waals surface area contributed by atoms with Crippen molar-refractivity contribution >= 4 is 22.9 Å². The van der Waals surface area contributed by atoms with E-state index in [4.69, 9.17) is 17.3 Å². The van der Waals surface area contributed by atoms with E-state index in [-0.39, 0.29) is 5.56 Å². The molecule has 1 atom stereocenters. The zero-order chi connectivity index (χ0) is 12.6. The van der Waals surface area contributed by atoms with Gasteiger partial charge in [-0.3, -0.25) is 0 Å². The fraction of sp³-hybridized carbons (Fsp3) is 0.167. The van der Waals surface area contributed by atoms with Gasteiger partial charge in [0.25, 0.3) is 0 Å². The summed E-state index contributed by atoms with van der Waals surface area (Å²) in [5, 5.41) is 2.17. The Kier molecular flexibility index (Phi) is 3.47. The molecule has 2 rings (SSSR count).